The fourth-order valence-electron chi connectivity index (χ4n) is 2.52. The summed E-state index contributed by atoms with van der Waals surface area (Å²) in [5, 5.41) is 2.29. The van der Waals surface area contributed by atoms with Crippen molar-refractivity contribution in [2.45, 2.75) is 43.0 Å². The van der Waals surface area contributed by atoms with Crippen molar-refractivity contribution < 1.29 is 4.74 Å². The lowest BCUT2D eigenvalue weighted by molar-refractivity contribution is 0.0590. The van der Waals surface area contributed by atoms with Crippen molar-refractivity contribution in [1.29, 1.82) is 0 Å². The van der Waals surface area contributed by atoms with E-state index < -0.39 is 0 Å². The monoisotopic (exact) mass is 406 g/mol. The molecule has 0 spiro atoms. The zero-order chi connectivity index (χ0) is 18.5. The summed E-state index contributed by atoms with van der Waals surface area (Å²) in [5.74, 6) is 0.308. The minimum absolute atomic E-state index is 0.308. The van der Waals surface area contributed by atoms with E-state index in [4.69, 9.17) is 27.9 Å². The van der Waals surface area contributed by atoms with Crippen LogP contribution in [-0.4, -0.2) is 9.55 Å². The maximum Gasteiger partial charge on any atom is 0.125 e. The third-order valence-corrected chi connectivity index (χ3v) is 5.30. The first-order chi connectivity index (χ1) is 12.5. The summed E-state index contributed by atoms with van der Waals surface area (Å²) >= 11 is 13.9. The Bertz CT molecular complexity index is 845. The van der Waals surface area contributed by atoms with Crippen LogP contribution in [0.1, 0.15) is 31.0 Å². The molecule has 26 heavy (non-hydrogen) atoms. The molecule has 1 aromatic heterocycles. The summed E-state index contributed by atoms with van der Waals surface area (Å²) in [6.45, 7) is 5.26. The number of aromatic nitrogens is 2. The van der Waals surface area contributed by atoms with Crippen molar-refractivity contribution in [3.63, 3.8) is 0 Å². The van der Waals surface area contributed by atoms with Gasteiger partial charge in [0.2, 0.25) is 0 Å². The number of benzene rings is 2. The Kier molecular flexibility index (Phi) is 6.65. The number of nitrogens with zero attached hydrogens (tertiary/aromatic N) is 2. The zero-order valence-electron chi connectivity index (χ0n) is 14.7. The molecule has 3 rings (SSSR count). The summed E-state index contributed by atoms with van der Waals surface area (Å²) in [4.78, 5) is 5.56. The molecule has 0 bridgehead atoms. The second-order valence-electron chi connectivity index (χ2n) is 6.23. The standard InChI is InChI=1S/C20H20Cl2N2OS/c1-14(2)19-20(26-18-9-16(21)8-17(22)10-18)24(12-23-19)13-25-11-15-6-4-3-5-7-15/h3-10,12,14H,11,13H2,1-2H3. The average Bonchev–Trinajstić information content (AvgIpc) is 2.98. The summed E-state index contributed by atoms with van der Waals surface area (Å²) in [7, 11) is 0. The summed E-state index contributed by atoms with van der Waals surface area (Å²) in [6, 6.07) is 15.7. The van der Waals surface area contributed by atoms with E-state index in [-0.39, 0.29) is 0 Å². The molecule has 0 radical (unpaired) electrons. The van der Waals surface area contributed by atoms with Crippen LogP contribution in [0.5, 0.6) is 0 Å². The Labute approximate surface area is 168 Å². The van der Waals surface area contributed by atoms with Gasteiger partial charge in [0, 0.05) is 14.9 Å². The normalized spacial score (nSPS) is 11.3. The van der Waals surface area contributed by atoms with Gasteiger partial charge in [-0.25, -0.2) is 4.98 Å². The smallest absolute Gasteiger partial charge is 0.125 e. The fourth-order valence-corrected chi connectivity index (χ4v) is 4.38. The van der Waals surface area contributed by atoms with Crippen LogP contribution in [0.3, 0.4) is 0 Å². The van der Waals surface area contributed by atoms with Crippen molar-refractivity contribution in [2.75, 3.05) is 0 Å². The van der Waals surface area contributed by atoms with E-state index in [1.165, 1.54) is 0 Å². The lowest BCUT2D eigenvalue weighted by Crippen LogP contribution is -2.04. The highest BCUT2D eigenvalue weighted by Crippen LogP contribution is 2.36. The Morgan fingerprint density at radius 1 is 1.08 bits per heavy atom. The highest BCUT2D eigenvalue weighted by Gasteiger charge is 2.16. The Morgan fingerprint density at radius 2 is 1.77 bits per heavy atom. The van der Waals surface area contributed by atoms with E-state index in [0.29, 0.717) is 29.3 Å². The van der Waals surface area contributed by atoms with Gasteiger partial charge in [0.25, 0.3) is 0 Å². The van der Waals surface area contributed by atoms with Gasteiger partial charge in [-0.05, 0) is 29.7 Å². The van der Waals surface area contributed by atoms with Crippen molar-refractivity contribution in [1.82, 2.24) is 9.55 Å². The molecule has 0 aliphatic carbocycles. The summed E-state index contributed by atoms with van der Waals surface area (Å²) in [6.07, 6.45) is 1.83. The number of halogens is 2. The van der Waals surface area contributed by atoms with E-state index in [2.05, 4.69) is 31.0 Å². The third-order valence-electron chi connectivity index (χ3n) is 3.76. The molecular weight excluding hydrogens is 387 g/mol. The van der Waals surface area contributed by atoms with E-state index in [1.807, 2.05) is 41.2 Å². The predicted molar refractivity (Wildman–Crippen MR) is 108 cm³/mol. The van der Waals surface area contributed by atoms with Gasteiger partial charge in [0.15, 0.2) is 0 Å². The predicted octanol–water partition coefficient (Wildman–Crippen LogP) is 6.64. The molecule has 0 saturated carbocycles. The van der Waals surface area contributed by atoms with Crippen molar-refractivity contribution in [2.24, 2.45) is 0 Å². The second-order valence-corrected chi connectivity index (χ2v) is 8.16. The van der Waals surface area contributed by atoms with Crippen LogP contribution in [-0.2, 0) is 18.1 Å². The van der Waals surface area contributed by atoms with Crippen molar-refractivity contribution in [3.05, 3.63) is 76.2 Å². The van der Waals surface area contributed by atoms with Crippen molar-refractivity contribution >= 4 is 35.0 Å². The zero-order valence-corrected chi connectivity index (χ0v) is 17.0. The highest BCUT2D eigenvalue weighted by atomic mass is 35.5. The van der Waals surface area contributed by atoms with Gasteiger partial charge in [0.1, 0.15) is 11.8 Å². The molecule has 1 heterocycles. The van der Waals surface area contributed by atoms with E-state index in [0.717, 1.165) is 21.2 Å². The molecule has 0 amide bonds. The van der Waals surface area contributed by atoms with Crippen LogP contribution >= 0.6 is 35.0 Å². The first-order valence-electron chi connectivity index (χ1n) is 8.33. The second kappa shape index (κ2) is 8.96. The first kappa shape index (κ1) is 19.3. The maximum atomic E-state index is 6.14. The van der Waals surface area contributed by atoms with Crippen LogP contribution in [0.4, 0.5) is 0 Å². The summed E-state index contributed by atoms with van der Waals surface area (Å²) in [5.41, 5.74) is 2.18. The van der Waals surface area contributed by atoms with Gasteiger partial charge in [-0.2, -0.15) is 0 Å². The Morgan fingerprint density at radius 3 is 2.42 bits per heavy atom. The number of ether oxygens (including phenoxy) is 1. The molecule has 0 aliphatic heterocycles. The maximum absolute atomic E-state index is 6.14. The number of hydrogen-bond acceptors (Lipinski definition) is 3. The molecule has 136 valence electrons. The molecule has 3 aromatic rings. The van der Waals surface area contributed by atoms with E-state index in [1.54, 1.807) is 17.8 Å². The molecule has 0 aliphatic rings. The molecule has 0 saturated heterocycles. The number of hydrogen-bond donors (Lipinski definition) is 0. The Balaban J connectivity index is 1.77. The largest absolute Gasteiger partial charge is 0.356 e. The first-order valence-corrected chi connectivity index (χ1v) is 9.91. The molecule has 0 atom stereocenters. The minimum atomic E-state index is 0.308. The quantitative estimate of drug-likeness (QED) is 0.439. The molecular formula is C20H20Cl2N2OS. The van der Waals surface area contributed by atoms with E-state index >= 15 is 0 Å². The molecule has 3 nitrogen and oxygen atoms in total. The molecule has 2 aromatic carbocycles. The van der Waals surface area contributed by atoms with Crippen LogP contribution in [0.2, 0.25) is 10.0 Å². The van der Waals surface area contributed by atoms with Crippen LogP contribution in [0, 0.1) is 0 Å². The molecule has 0 fully saturated rings. The van der Waals surface area contributed by atoms with Gasteiger partial charge >= 0.3 is 0 Å². The highest BCUT2D eigenvalue weighted by molar-refractivity contribution is 7.99. The minimum Gasteiger partial charge on any atom is -0.356 e. The average molecular weight is 407 g/mol. The van der Waals surface area contributed by atoms with Crippen LogP contribution in [0.15, 0.2) is 64.8 Å². The van der Waals surface area contributed by atoms with Crippen molar-refractivity contribution in [3.8, 4) is 0 Å². The lowest BCUT2D eigenvalue weighted by Gasteiger charge is -2.12. The number of imidazole rings is 1. The molecule has 0 N–H and O–H groups in total. The van der Waals surface area contributed by atoms with Crippen LogP contribution in [0.25, 0.3) is 0 Å². The van der Waals surface area contributed by atoms with Gasteiger partial charge in [-0.1, -0.05) is 79.1 Å². The van der Waals surface area contributed by atoms with Gasteiger partial charge in [-0.15, -0.1) is 0 Å². The fraction of sp³-hybridized carbons (Fsp3) is 0.250. The van der Waals surface area contributed by atoms with Gasteiger partial charge < -0.3 is 9.30 Å². The Hall–Kier alpha value is -1.46. The number of rotatable bonds is 7. The summed E-state index contributed by atoms with van der Waals surface area (Å²) < 4.78 is 7.91. The SMILES string of the molecule is CC(C)c1ncn(COCc2ccccc2)c1Sc1cc(Cl)cc(Cl)c1. The van der Waals surface area contributed by atoms with Gasteiger partial charge in [-0.3, -0.25) is 0 Å². The van der Waals surface area contributed by atoms with Crippen LogP contribution < -0.4 is 0 Å². The molecule has 6 heteroatoms. The van der Waals surface area contributed by atoms with E-state index in [9.17, 15) is 0 Å². The lowest BCUT2D eigenvalue weighted by atomic mass is 10.2. The third kappa shape index (κ3) is 5.04. The van der Waals surface area contributed by atoms with Gasteiger partial charge in [0.05, 0.1) is 18.6 Å². The topological polar surface area (TPSA) is 27.1 Å². The molecule has 0 unspecified atom stereocenters.